The van der Waals surface area contributed by atoms with Crippen molar-refractivity contribution in [2.24, 2.45) is 0 Å². The minimum absolute atomic E-state index is 0.0637. The van der Waals surface area contributed by atoms with Crippen LogP contribution < -0.4 is 10.2 Å². The maximum atomic E-state index is 13.7. The summed E-state index contributed by atoms with van der Waals surface area (Å²) >= 11 is 5.65. The number of carbonyl (C=O) groups excluding carboxylic acids is 3. The highest BCUT2D eigenvalue weighted by Gasteiger charge is 2.26. The summed E-state index contributed by atoms with van der Waals surface area (Å²) in [5, 5.41) is 2.51. The molecular weight excluding hydrogens is 375 g/mol. The van der Waals surface area contributed by atoms with E-state index in [-0.39, 0.29) is 22.2 Å². The topological polar surface area (TPSA) is 75.7 Å². The van der Waals surface area contributed by atoms with E-state index in [1.807, 2.05) is 0 Å². The van der Waals surface area contributed by atoms with Crippen molar-refractivity contribution in [1.29, 1.82) is 0 Å². The third-order valence-electron chi connectivity index (χ3n) is 4.03. The van der Waals surface area contributed by atoms with Crippen molar-refractivity contribution < 1.29 is 23.5 Å². The first kappa shape index (κ1) is 18.8. The smallest absolute Gasteiger partial charge is 0.340 e. The van der Waals surface area contributed by atoms with Crippen LogP contribution in [0.4, 0.5) is 15.8 Å². The normalized spacial score (nSPS) is 13.6. The molecule has 0 radical (unpaired) electrons. The summed E-state index contributed by atoms with van der Waals surface area (Å²) in [5.74, 6) is -2.19. The van der Waals surface area contributed by atoms with Crippen molar-refractivity contribution in [3.8, 4) is 0 Å². The molecule has 1 aliphatic heterocycles. The SMILES string of the molecule is O=C(COC(=O)c1ccccc1N1CCCC1=O)Nc1ccc(Cl)cc1F. The summed E-state index contributed by atoms with van der Waals surface area (Å²) in [6, 6.07) is 10.3. The van der Waals surface area contributed by atoms with Gasteiger partial charge in [-0.3, -0.25) is 9.59 Å². The van der Waals surface area contributed by atoms with E-state index in [1.165, 1.54) is 23.1 Å². The Balaban J connectivity index is 1.64. The van der Waals surface area contributed by atoms with E-state index in [0.29, 0.717) is 18.7 Å². The molecule has 0 bridgehead atoms. The van der Waals surface area contributed by atoms with Crippen molar-refractivity contribution in [3.63, 3.8) is 0 Å². The minimum atomic E-state index is -0.739. The minimum Gasteiger partial charge on any atom is -0.452 e. The third-order valence-corrected chi connectivity index (χ3v) is 4.26. The second-order valence-electron chi connectivity index (χ2n) is 5.91. The number of nitrogens with one attached hydrogen (secondary N) is 1. The quantitative estimate of drug-likeness (QED) is 0.794. The number of amides is 2. The fourth-order valence-corrected chi connectivity index (χ4v) is 2.93. The predicted molar refractivity (Wildman–Crippen MR) is 98.4 cm³/mol. The Morgan fingerprint density at radius 1 is 1.22 bits per heavy atom. The molecule has 0 unspecified atom stereocenters. The Labute approximate surface area is 159 Å². The van der Waals surface area contributed by atoms with Crippen LogP contribution in [0.1, 0.15) is 23.2 Å². The molecule has 6 nitrogen and oxygen atoms in total. The summed E-state index contributed by atoms with van der Waals surface area (Å²) in [6.07, 6.45) is 1.15. The largest absolute Gasteiger partial charge is 0.452 e. The van der Waals surface area contributed by atoms with Crippen molar-refractivity contribution in [3.05, 3.63) is 58.9 Å². The highest BCUT2D eigenvalue weighted by Crippen LogP contribution is 2.26. The van der Waals surface area contributed by atoms with Gasteiger partial charge in [0.05, 0.1) is 16.9 Å². The third kappa shape index (κ3) is 4.43. The average Bonchev–Trinajstić information content (AvgIpc) is 3.08. The molecule has 1 aliphatic rings. The van der Waals surface area contributed by atoms with E-state index in [2.05, 4.69) is 5.32 Å². The van der Waals surface area contributed by atoms with Gasteiger partial charge in [0.25, 0.3) is 5.91 Å². The zero-order valence-corrected chi connectivity index (χ0v) is 15.0. The summed E-state index contributed by atoms with van der Waals surface area (Å²) in [5.41, 5.74) is 0.580. The predicted octanol–water partition coefficient (Wildman–Crippen LogP) is 3.40. The first-order valence-electron chi connectivity index (χ1n) is 8.27. The molecule has 0 aromatic heterocycles. The van der Waals surface area contributed by atoms with Crippen LogP contribution in [0.25, 0.3) is 0 Å². The van der Waals surface area contributed by atoms with E-state index in [4.69, 9.17) is 16.3 Å². The van der Waals surface area contributed by atoms with E-state index in [0.717, 1.165) is 12.5 Å². The van der Waals surface area contributed by atoms with Crippen LogP contribution >= 0.6 is 11.6 Å². The van der Waals surface area contributed by atoms with Crippen LogP contribution in [0.2, 0.25) is 5.02 Å². The Hall–Kier alpha value is -2.93. The molecule has 1 heterocycles. The molecule has 2 aromatic carbocycles. The number of hydrogen-bond acceptors (Lipinski definition) is 4. The lowest BCUT2D eigenvalue weighted by Gasteiger charge is -2.18. The number of esters is 1. The van der Waals surface area contributed by atoms with Crippen molar-refractivity contribution >= 4 is 40.8 Å². The van der Waals surface area contributed by atoms with Gasteiger partial charge in [0, 0.05) is 18.0 Å². The second-order valence-corrected chi connectivity index (χ2v) is 6.35. The Kier molecular flexibility index (Phi) is 5.71. The van der Waals surface area contributed by atoms with E-state index < -0.39 is 24.3 Å². The molecular formula is C19H16ClFN2O4. The van der Waals surface area contributed by atoms with Gasteiger partial charge in [-0.2, -0.15) is 0 Å². The van der Waals surface area contributed by atoms with Crippen molar-refractivity contribution in [2.45, 2.75) is 12.8 Å². The Morgan fingerprint density at radius 3 is 2.70 bits per heavy atom. The lowest BCUT2D eigenvalue weighted by atomic mass is 10.1. The van der Waals surface area contributed by atoms with Gasteiger partial charge in [-0.15, -0.1) is 0 Å². The number of hydrogen-bond donors (Lipinski definition) is 1. The lowest BCUT2D eigenvalue weighted by molar-refractivity contribution is -0.119. The molecule has 0 saturated carbocycles. The van der Waals surface area contributed by atoms with Crippen LogP contribution in [0.15, 0.2) is 42.5 Å². The monoisotopic (exact) mass is 390 g/mol. The van der Waals surface area contributed by atoms with Gasteiger partial charge in [0.15, 0.2) is 6.61 Å². The first-order chi connectivity index (χ1) is 13.0. The summed E-state index contributed by atoms with van der Waals surface area (Å²) in [7, 11) is 0. The molecule has 2 amide bonds. The second kappa shape index (κ2) is 8.18. The number of ether oxygens (including phenoxy) is 1. The Bertz CT molecular complexity index is 903. The number of rotatable bonds is 5. The van der Waals surface area contributed by atoms with E-state index >= 15 is 0 Å². The van der Waals surface area contributed by atoms with Crippen LogP contribution in [-0.2, 0) is 14.3 Å². The number of benzene rings is 2. The molecule has 27 heavy (non-hydrogen) atoms. The summed E-state index contributed by atoms with van der Waals surface area (Å²) < 4.78 is 18.7. The Morgan fingerprint density at radius 2 is 2.00 bits per heavy atom. The zero-order valence-electron chi connectivity index (χ0n) is 14.2. The van der Waals surface area contributed by atoms with Gasteiger partial charge >= 0.3 is 5.97 Å². The van der Waals surface area contributed by atoms with Crippen LogP contribution in [0, 0.1) is 5.82 Å². The van der Waals surface area contributed by atoms with Crippen LogP contribution in [0.5, 0.6) is 0 Å². The molecule has 1 N–H and O–H groups in total. The van der Waals surface area contributed by atoms with Crippen molar-refractivity contribution in [2.75, 3.05) is 23.4 Å². The highest BCUT2D eigenvalue weighted by atomic mass is 35.5. The van der Waals surface area contributed by atoms with Gasteiger partial charge in [0.1, 0.15) is 5.82 Å². The van der Waals surface area contributed by atoms with Gasteiger partial charge in [-0.05, 0) is 36.8 Å². The molecule has 0 atom stereocenters. The number of para-hydroxylation sites is 1. The van der Waals surface area contributed by atoms with Crippen LogP contribution in [0.3, 0.4) is 0 Å². The maximum Gasteiger partial charge on any atom is 0.340 e. The number of carbonyl (C=O) groups is 3. The van der Waals surface area contributed by atoms with E-state index in [1.54, 1.807) is 18.2 Å². The van der Waals surface area contributed by atoms with Gasteiger partial charge in [-0.25, -0.2) is 9.18 Å². The van der Waals surface area contributed by atoms with Crippen molar-refractivity contribution in [1.82, 2.24) is 0 Å². The lowest BCUT2D eigenvalue weighted by Crippen LogP contribution is -2.27. The number of anilines is 2. The zero-order chi connectivity index (χ0) is 19.4. The fraction of sp³-hybridized carbons (Fsp3) is 0.211. The molecule has 0 aliphatic carbocycles. The highest BCUT2D eigenvalue weighted by molar-refractivity contribution is 6.30. The molecule has 140 valence electrons. The summed E-state index contributed by atoms with van der Waals surface area (Å²) in [4.78, 5) is 37.8. The molecule has 8 heteroatoms. The first-order valence-corrected chi connectivity index (χ1v) is 8.65. The fourth-order valence-electron chi connectivity index (χ4n) is 2.77. The molecule has 3 rings (SSSR count). The summed E-state index contributed by atoms with van der Waals surface area (Å²) in [6.45, 7) is -0.0668. The standard InChI is InChI=1S/C19H16ClFN2O4/c20-12-7-8-15(14(21)10-12)22-17(24)11-27-19(26)13-4-1-2-5-16(13)23-9-3-6-18(23)25/h1-2,4-5,7-8,10H,3,6,9,11H2,(H,22,24). The van der Waals surface area contributed by atoms with Gasteiger partial charge < -0.3 is 15.0 Å². The maximum absolute atomic E-state index is 13.7. The van der Waals surface area contributed by atoms with Crippen LogP contribution in [-0.4, -0.2) is 30.9 Å². The van der Waals surface area contributed by atoms with E-state index in [9.17, 15) is 18.8 Å². The molecule has 0 spiro atoms. The number of halogens is 2. The molecule has 2 aromatic rings. The van der Waals surface area contributed by atoms with Gasteiger partial charge in [-0.1, -0.05) is 23.7 Å². The molecule has 1 saturated heterocycles. The van der Waals surface area contributed by atoms with Gasteiger partial charge in [0.2, 0.25) is 5.91 Å². The number of nitrogens with zero attached hydrogens (tertiary/aromatic N) is 1. The molecule has 1 fully saturated rings. The average molecular weight is 391 g/mol.